The Labute approximate surface area is 93.8 Å². The van der Waals surface area contributed by atoms with Crippen molar-refractivity contribution in [3.63, 3.8) is 0 Å². The maximum atomic E-state index is 11.7. The fraction of sp³-hybridized carbons (Fsp3) is 0.333. The zero-order chi connectivity index (χ0) is 11.5. The first-order valence-electron chi connectivity index (χ1n) is 5.13. The van der Waals surface area contributed by atoms with Crippen LogP contribution >= 0.6 is 0 Å². The van der Waals surface area contributed by atoms with Crippen molar-refractivity contribution in [1.29, 1.82) is 0 Å². The standard InChI is InChI=1S/C12H13NO3/c1-16-10-7-11(14)13(12(10)15)8-9-5-3-2-4-6-9/h2-6,10H,7-8H2,1H3/t10-/m0/s1. The Balaban J connectivity index is 2.11. The SMILES string of the molecule is CO[C@H]1CC(=O)N(Cc2ccccc2)C1=O. The molecule has 84 valence electrons. The molecule has 0 aliphatic carbocycles. The summed E-state index contributed by atoms with van der Waals surface area (Å²) >= 11 is 0. The summed E-state index contributed by atoms with van der Waals surface area (Å²) in [5, 5.41) is 0. The van der Waals surface area contributed by atoms with E-state index in [2.05, 4.69) is 0 Å². The van der Waals surface area contributed by atoms with Gasteiger partial charge in [-0.25, -0.2) is 0 Å². The lowest BCUT2D eigenvalue weighted by Gasteiger charge is -2.14. The Morgan fingerprint density at radius 1 is 1.31 bits per heavy atom. The van der Waals surface area contributed by atoms with Crippen LogP contribution in [0.4, 0.5) is 0 Å². The summed E-state index contributed by atoms with van der Waals surface area (Å²) < 4.78 is 4.95. The van der Waals surface area contributed by atoms with Crippen LogP contribution in [0, 0.1) is 0 Å². The zero-order valence-electron chi connectivity index (χ0n) is 9.05. The fourth-order valence-electron chi connectivity index (χ4n) is 1.77. The molecule has 1 heterocycles. The number of rotatable bonds is 3. The number of carbonyl (C=O) groups excluding carboxylic acids is 2. The minimum absolute atomic E-state index is 0.155. The van der Waals surface area contributed by atoms with E-state index in [0.717, 1.165) is 5.56 Å². The van der Waals surface area contributed by atoms with Gasteiger partial charge in [-0.2, -0.15) is 0 Å². The van der Waals surface area contributed by atoms with E-state index in [1.54, 1.807) is 0 Å². The lowest BCUT2D eigenvalue weighted by Crippen LogP contribution is -2.32. The molecule has 16 heavy (non-hydrogen) atoms. The summed E-state index contributed by atoms with van der Waals surface area (Å²) in [6.45, 7) is 0.332. The highest BCUT2D eigenvalue weighted by Crippen LogP contribution is 2.18. The predicted molar refractivity (Wildman–Crippen MR) is 57.4 cm³/mol. The highest BCUT2D eigenvalue weighted by Gasteiger charge is 2.38. The summed E-state index contributed by atoms with van der Waals surface area (Å²) in [5.41, 5.74) is 0.945. The molecule has 1 fully saturated rings. The lowest BCUT2D eigenvalue weighted by atomic mass is 10.2. The normalized spacial score (nSPS) is 20.6. The molecule has 0 N–H and O–H groups in total. The summed E-state index contributed by atoms with van der Waals surface area (Å²) in [6.07, 6.45) is -0.446. The quantitative estimate of drug-likeness (QED) is 0.711. The van der Waals surface area contributed by atoms with Crippen LogP contribution in [0.1, 0.15) is 12.0 Å². The number of benzene rings is 1. The van der Waals surface area contributed by atoms with E-state index in [4.69, 9.17) is 4.74 Å². The van der Waals surface area contributed by atoms with E-state index in [-0.39, 0.29) is 18.2 Å². The van der Waals surface area contributed by atoms with Crippen LogP contribution in [0.25, 0.3) is 0 Å². The molecular weight excluding hydrogens is 206 g/mol. The largest absolute Gasteiger partial charge is 0.371 e. The van der Waals surface area contributed by atoms with Crippen molar-refractivity contribution in [1.82, 2.24) is 4.90 Å². The molecule has 0 saturated carbocycles. The first-order valence-corrected chi connectivity index (χ1v) is 5.13. The van der Waals surface area contributed by atoms with Gasteiger partial charge in [0.05, 0.1) is 13.0 Å². The molecule has 0 spiro atoms. The summed E-state index contributed by atoms with van der Waals surface area (Å²) in [4.78, 5) is 24.6. The number of amides is 2. The van der Waals surface area contributed by atoms with Gasteiger partial charge in [0.1, 0.15) is 6.10 Å². The number of nitrogens with zero attached hydrogens (tertiary/aromatic N) is 1. The van der Waals surface area contributed by atoms with Gasteiger partial charge in [0.25, 0.3) is 5.91 Å². The Hall–Kier alpha value is -1.68. The van der Waals surface area contributed by atoms with Gasteiger partial charge in [-0.05, 0) is 5.56 Å². The number of ether oxygens (including phenoxy) is 1. The molecule has 4 nitrogen and oxygen atoms in total. The molecule has 0 unspecified atom stereocenters. The van der Waals surface area contributed by atoms with Gasteiger partial charge in [0.15, 0.2) is 0 Å². The topological polar surface area (TPSA) is 46.6 Å². The number of likely N-dealkylation sites (tertiary alicyclic amines) is 1. The first kappa shape index (κ1) is 10.8. The molecule has 1 aromatic carbocycles. The smallest absolute Gasteiger partial charge is 0.259 e. The lowest BCUT2D eigenvalue weighted by molar-refractivity contribution is -0.142. The van der Waals surface area contributed by atoms with Crippen molar-refractivity contribution in [2.45, 2.75) is 19.1 Å². The second kappa shape index (κ2) is 4.45. The van der Waals surface area contributed by atoms with E-state index in [9.17, 15) is 9.59 Å². The zero-order valence-corrected chi connectivity index (χ0v) is 9.05. The maximum absolute atomic E-state index is 11.7. The third kappa shape index (κ3) is 1.97. The average Bonchev–Trinajstić information content (AvgIpc) is 2.58. The van der Waals surface area contributed by atoms with E-state index in [0.29, 0.717) is 6.54 Å². The molecule has 2 amide bonds. The van der Waals surface area contributed by atoms with Crippen LogP contribution in [0.2, 0.25) is 0 Å². The molecular formula is C12H13NO3. The van der Waals surface area contributed by atoms with Crippen molar-refractivity contribution in [2.75, 3.05) is 7.11 Å². The van der Waals surface area contributed by atoms with Gasteiger partial charge < -0.3 is 4.74 Å². The van der Waals surface area contributed by atoms with Crippen molar-refractivity contribution < 1.29 is 14.3 Å². The van der Waals surface area contributed by atoms with Crippen LogP contribution in [0.5, 0.6) is 0 Å². The predicted octanol–water partition coefficient (Wildman–Crippen LogP) is 0.960. The second-order valence-electron chi connectivity index (χ2n) is 3.73. The second-order valence-corrected chi connectivity index (χ2v) is 3.73. The molecule has 0 radical (unpaired) electrons. The fourth-order valence-corrected chi connectivity index (χ4v) is 1.77. The van der Waals surface area contributed by atoms with Crippen LogP contribution in [0.15, 0.2) is 30.3 Å². The molecule has 1 aliphatic heterocycles. The maximum Gasteiger partial charge on any atom is 0.259 e. The molecule has 1 atom stereocenters. The minimum Gasteiger partial charge on any atom is -0.371 e. The highest BCUT2D eigenvalue weighted by molar-refractivity contribution is 6.04. The molecule has 0 aromatic heterocycles. The van der Waals surface area contributed by atoms with E-state index in [1.165, 1.54) is 12.0 Å². The minimum atomic E-state index is -0.601. The molecule has 2 rings (SSSR count). The number of carbonyl (C=O) groups is 2. The van der Waals surface area contributed by atoms with Crippen LogP contribution in [0.3, 0.4) is 0 Å². The van der Waals surface area contributed by atoms with Gasteiger partial charge in [-0.15, -0.1) is 0 Å². The van der Waals surface area contributed by atoms with Gasteiger partial charge in [-0.3, -0.25) is 14.5 Å². The van der Waals surface area contributed by atoms with Crippen molar-refractivity contribution in [3.8, 4) is 0 Å². The van der Waals surface area contributed by atoms with E-state index in [1.807, 2.05) is 30.3 Å². The van der Waals surface area contributed by atoms with Crippen LogP contribution in [-0.4, -0.2) is 29.9 Å². The number of imide groups is 1. The van der Waals surface area contributed by atoms with Gasteiger partial charge in [0.2, 0.25) is 5.91 Å². The molecule has 1 aliphatic rings. The highest BCUT2D eigenvalue weighted by atomic mass is 16.5. The molecule has 0 bridgehead atoms. The van der Waals surface area contributed by atoms with Crippen molar-refractivity contribution in [2.24, 2.45) is 0 Å². The van der Waals surface area contributed by atoms with Crippen molar-refractivity contribution in [3.05, 3.63) is 35.9 Å². The summed E-state index contributed by atoms with van der Waals surface area (Å²) in [5.74, 6) is -0.406. The molecule has 4 heteroatoms. The molecule has 1 saturated heterocycles. The first-order chi connectivity index (χ1) is 7.72. The average molecular weight is 219 g/mol. The number of hydrogen-bond donors (Lipinski definition) is 0. The van der Waals surface area contributed by atoms with Crippen LogP contribution < -0.4 is 0 Å². The van der Waals surface area contributed by atoms with Gasteiger partial charge in [0, 0.05) is 7.11 Å². The summed E-state index contributed by atoms with van der Waals surface area (Å²) in [6, 6.07) is 9.44. The third-order valence-corrected chi connectivity index (χ3v) is 2.67. The van der Waals surface area contributed by atoms with Gasteiger partial charge in [-0.1, -0.05) is 30.3 Å². The summed E-state index contributed by atoms with van der Waals surface area (Å²) in [7, 11) is 1.45. The number of methoxy groups -OCH3 is 1. The van der Waals surface area contributed by atoms with Crippen LogP contribution in [-0.2, 0) is 20.9 Å². The Morgan fingerprint density at radius 2 is 2.00 bits per heavy atom. The Morgan fingerprint density at radius 3 is 2.56 bits per heavy atom. The number of hydrogen-bond acceptors (Lipinski definition) is 3. The third-order valence-electron chi connectivity index (χ3n) is 2.67. The monoisotopic (exact) mass is 219 g/mol. The Bertz CT molecular complexity index is 402. The van der Waals surface area contributed by atoms with E-state index < -0.39 is 6.10 Å². The molecule has 1 aromatic rings. The van der Waals surface area contributed by atoms with Gasteiger partial charge >= 0.3 is 0 Å². The van der Waals surface area contributed by atoms with E-state index >= 15 is 0 Å². The van der Waals surface area contributed by atoms with Crippen molar-refractivity contribution >= 4 is 11.8 Å². The Kier molecular flexibility index (Phi) is 3.01.